The van der Waals surface area contributed by atoms with Gasteiger partial charge in [-0.2, -0.15) is 0 Å². The molecule has 2 rings (SSSR count). The molecule has 0 aliphatic rings. The average molecular weight is 370 g/mol. The molecule has 0 radical (unpaired) electrons. The van der Waals surface area contributed by atoms with Crippen molar-refractivity contribution >= 4 is 44.8 Å². The largest absolute Gasteiger partial charge is 0.316 e. The van der Waals surface area contributed by atoms with Crippen LogP contribution in [-0.2, 0) is 0 Å². The number of carbonyl (C=O) groups is 1. The molecular formula is C14H10BrClN2O3. The fourth-order valence-corrected chi connectivity index (χ4v) is 2.32. The second kappa shape index (κ2) is 6.24. The topological polar surface area (TPSA) is 72.2 Å². The molecule has 0 heterocycles. The van der Waals surface area contributed by atoms with Crippen LogP contribution in [0, 0.1) is 17.0 Å². The number of rotatable bonds is 3. The first kappa shape index (κ1) is 15.5. The number of anilines is 1. The molecule has 5 nitrogen and oxygen atoms in total. The standard InChI is InChI=1S/C14H10BrClN2O3/c1-8-2-3-9(15)6-11(8)14(19)17-12-5-4-10(16)7-13(12)18(20)21/h2-7H,1H3,(H,17,19). The predicted octanol–water partition coefficient (Wildman–Crippen LogP) is 4.57. The minimum absolute atomic E-state index is 0.105. The third-order valence-electron chi connectivity index (χ3n) is 2.85. The van der Waals surface area contributed by atoms with E-state index in [1.54, 1.807) is 19.1 Å². The first-order valence-corrected chi connectivity index (χ1v) is 7.07. The summed E-state index contributed by atoms with van der Waals surface area (Å²) in [5, 5.41) is 13.8. The van der Waals surface area contributed by atoms with Gasteiger partial charge in [-0.25, -0.2) is 0 Å². The summed E-state index contributed by atoms with van der Waals surface area (Å²) in [7, 11) is 0. The van der Waals surface area contributed by atoms with E-state index < -0.39 is 10.8 Å². The molecule has 7 heteroatoms. The number of halogens is 2. The van der Waals surface area contributed by atoms with Crippen LogP contribution in [-0.4, -0.2) is 10.8 Å². The predicted molar refractivity (Wildman–Crippen MR) is 84.9 cm³/mol. The van der Waals surface area contributed by atoms with Gasteiger partial charge in [0.2, 0.25) is 0 Å². The third-order valence-corrected chi connectivity index (χ3v) is 3.58. The van der Waals surface area contributed by atoms with Crippen LogP contribution < -0.4 is 5.32 Å². The van der Waals surface area contributed by atoms with Crippen molar-refractivity contribution in [3.05, 3.63) is 67.1 Å². The maximum atomic E-state index is 12.3. The van der Waals surface area contributed by atoms with Gasteiger partial charge >= 0.3 is 0 Å². The van der Waals surface area contributed by atoms with Crippen molar-refractivity contribution in [1.29, 1.82) is 0 Å². The Bertz CT molecular complexity index is 734. The van der Waals surface area contributed by atoms with Gasteiger partial charge in [0.1, 0.15) is 5.69 Å². The number of nitro groups is 1. The van der Waals surface area contributed by atoms with E-state index in [1.165, 1.54) is 18.2 Å². The number of carbonyl (C=O) groups excluding carboxylic acids is 1. The number of hydrogen-bond donors (Lipinski definition) is 1. The zero-order chi connectivity index (χ0) is 15.6. The lowest BCUT2D eigenvalue weighted by molar-refractivity contribution is -0.383. The smallest absolute Gasteiger partial charge is 0.294 e. The van der Waals surface area contributed by atoms with Gasteiger partial charge in [-0.05, 0) is 36.8 Å². The zero-order valence-corrected chi connectivity index (χ0v) is 13.2. The summed E-state index contributed by atoms with van der Waals surface area (Å²) in [6.07, 6.45) is 0. The lowest BCUT2D eigenvalue weighted by atomic mass is 10.1. The Balaban J connectivity index is 2.36. The minimum Gasteiger partial charge on any atom is -0.316 e. The fraction of sp³-hybridized carbons (Fsp3) is 0.0714. The highest BCUT2D eigenvalue weighted by molar-refractivity contribution is 9.10. The van der Waals surface area contributed by atoms with Gasteiger partial charge < -0.3 is 5.32 Å². The Morgan fingerprint density at radius 3 is 2.67 bits per heavy atom. The van der Waals surface area contributed by atoms with E-state index in [9.17, 15) is 14.9 Å². The minimum atomic E-state index is -0.588. The van der Waals surface area contributed by atoms with Gasteiger partial charge in [0, 0.05) is 21.1 Å². The quantitative estimate of drug-likeness (QED) is 0.636. The van der Waals surface area contributed by atoms with E-state index in [1.807, 2.05) is 6.07 Å². The van der Waals surface area contributed by atoms with Gasteiger partial charge in [0.15, 0.2) is 0 Å². The molecule has 0 bridgehead atoms. The van der Waals surface area contributed by atoms with Gasteiger partial charge in [-0.15, -0.1) is 0 Å². The molecule has 1 N–H and O–H groups in total. The number of benzene rings is 2. The van der Waals surface area contributed by atoms with Crippen LogP contribution in [0.4, 0.5) is 11.4 Å². The summed E-state index contributed by atoms with van der Waals surface area (Å²) in [5.74, 6) is -0.417. The van der Waals surface area contributed by atoms with Crippen LogP contribution in [0.5, 0.6) is 0 Å². The van der Waals surface area contributed by atoms with Crippen LogP contribution in [0.1, 0.15) is 15.9 Å². The Hall–Kier alpha value is -1.92. The van der Waals surface area contributed by atoms with Crippen LogP contribution in [0.25, 0.3) is 0 Å². The first-order valence-electron chi connectivity index (χ1n) is 5.90. The van der Waals surface area contributed by atoms with Gasteiger partial charge in [0.25, 0.3) is 11.6 Å². The van der Waals surface area contributed by atoms with E-state index >= 15 is 0 Å². The van der Waals surface area contributed by atoms with Crippen LogP contribution >= 0.6 is 27.5 Å². The maximum absolute atomic E-state index is 12.3. The first-order chi connectivity index (χ1) is 9.88. The SMILES string of the molecule is Cc1ccc(Br)cc1C(=O)Nc1ccc(Cl)cc1[N+](=O)[O-]. The summed E-state index contributed by atoms with van der Waals surface area (Å²) < 4.78 is 0.754. The van der Waals surface area contributed by atoms with Gasteiger partial charge in [-0.3, -0.25) is 14.9 Å². The molecule has 0 unspecified atom stereocenters. The van der Waals surface area contributed by atoms with Crippen LogP contribution in [0.3, 0.4) is 0 Å². The fourth-order valence-electron chi connectivity index (χ4n) is 1.79. The lowest BCUT2D eigenvalue weighted by Crippen LogP contribution is -2.14. The summed E-state index contributed by atoms with van der Waals surface area (Å²) >= 11 is 9.03. The van der Waals surface area contributed by atoms with Gasteiger partial charge in [0.05, 0.1) is 4.92 Å². The second-order valence-corrected chi connectivity index (χ2v) is 5.68. The molecule has 0 aromatic heterocycles. The molecule has 21 heavy (non-hydrogen) atoms. The number of nitrogens with zero attached hydrogens (tertiary/aromatic N) is 1. The molecule has 0 saturated carbocycles. The molecule has 0 aliphatic carbocycles. The number of amides is 1. The van der Waals surface area contributed by atoms with E-state index in [4.69, 9.17) is 11.6 Å². The second-order valence-electron chi connectivity index (χ2n) is 4.33. The number of hydrogen-bond acceptors (Lipinski definition) is 3. The van der Waals surface area contributed by atoms with Crippen molar-refractivity contribution in [2.45, 2.75) is 6.92 Å². The zero-order valence-electron chi connectivity index (χ0n) is 10.9. The van der Waals surface area contributed by atoms with Crippen molar-refractivity contribution in [3.8, 4) is 0 Å². The van der Waals surface area contributed by atoms with Gasteiger partial charge in [-0.1, -0.05) is 33.6 Å². The van der Waals surface area contributed by atoms with E-state index in [-0.39, 0.29) is 16.4 Å². The molecule has 0 spiro atoms. The van der Waals surface area contributed by atoms with E-state index in [2.05, 4.69) is 21.2 Å². The van der Waals surface area contributed by atoms with Crippen molar-refractivity contribution in [2.24, 2.45) is 0 Å². The van der Waals surface area contributed by atoms with E-state index in [0.717, 1.165) is 10.0 Å². The van der Waals surface area contributed by atoms with Crippen LogP contribution in [0.2, 0.25) is 5.02 Å². The average Bonchev–Trinajstić information content (AvgIpc) is 2.43. The van der Waals surface area contributed by atoms with Crippen molar-refractivity contribution < 1.29 is 9.72 Å². The monoisotopic (exact) mass is 368 g/mol. The Labute approximate surface area is 134 Å². The molecule has 0 fully saturated rings. The number of nitrogens with one attached hydrogen (secondary N) is 1. The molecule has 108 valence electrons. The number of nitro benzene ring substituents is 1. The highest BCUT2D eigenvalue weighted by atomic mass is 79.9. The Morgan fingerprint density at radius 1 is 1.29 bits per heavy atom. The van der Waals surface area contributed by atoms with Crippen LogP contribution in [0.15, 0.2) is 40.9 Å². The summed E-state index contributed by atoms with van der Waals surface area (Å²) in [5.41, 5.74) is 1.07. The normalized spacial score (nSPS) is 10.2. The highest BCUT2D eigenvalue weighted by Crippen LogP contribution is 2.28. The van der Waals surface area contributed by atoms with Crippen molar-refractivity contribution in [2.75, 3.05) is 5.32 Å². The molecule has 1 amide bonds. The van der Waals surface area contributed by atoms with E-state index in [0.29, 0.717) is 5.56 Å². The number of aryl methyl sites for hydroxylation is 1. The Morgan fingerprint density at radius 2 is 2.00 bits per heavy atom. The lowest BCUT2D eigenvalue weighted by Gasteiger charge is -2.09. The summed E-state index contributed by atoms with van der Waals surface area (Å²) in [4.78, 5) is 22.7. The summed E-state index contributed by atoms with van der Waals surface area (Å²) in [6.45, 7) is 1.79. The Kier molecular flexibility index (Phi) is 4.59. The molecule has 2 aromatic carbocycles. The molecule has 0 saturated heterocycles. The van der Waals surface area contributed by atoms with Crippen molar-refractivity contribution in [1.82, 2.24) is 0 Å². The molecule has 2 aromatic rings. The highest BCUT2D eigenvalue weighted by Gasteiger charge is 2.18. The molecular weight excluding hydrogens is 360 g/mol. The third kappa shape index (κ3) is 3.59. The summed E-state index contributed by atoms with van der Waals surface area (Å²) in [6, 6.07) is 9.35. The van der Waals surface area contributed by atoms with Crippen molar-refractivity contribution in [3.63, 3.8) is 0 Å². The molecule has 0 atom stereocenters. The maximum Gasteiger partial charge on any atom is 0.294 e. The molecule has 0 aliphatic heterocycles.